The Morgan fingerprint density at radius 1 is 1.08 bits per heavy atom. The van der Waals surface area contributed by atoms with Gasteiger partial charge < -0.3 is 9.64 Å². The molecule has 1 aliphatic heterocycles. The van der Waals surface area contributed by atoms with E-state index >= 15 is 0 Å². The van der Waals surface area contributed by atoms with Crippen LogP contribution >= 0.6 is 23.2 Å². The number of hydrogen-bond donors (Lipinski definition) is 0. The fraction of sp³-hybridized carbons (Fsp3) is 0.100. The number of halogens is 2. The van der Waals surface area contributed by atoms with Crippen LogP contribution in [0.5, 0.6) is 0 Å². The van der Waals surface area contributed by atoms with E-state index in [2.05, 4.69) is 0 Å². The van der Waals surface area contributed by atoms with Crippen molar-refractivity contribution >= 4 is 46.7 Å². The summed E-state index contributed by atoms with van der Waals surface area (Å²) in [6, 6.07) is 14.4. The molecular weight excluding hydrogens is 373 g/mol. The van der Waals surface area contributed by atoms with E-state index in [0.29, 0.717) is 27.0 Å². The number of allylic oxidation sites excluding steroid dienone is 2. The normalized spacial score (nSPS) is 15.8. The molecule has 0 radical (unpaired) electrons. The van der Waals surface area contributed by atoms with Crippen molar-refractivity contribution in [3.8, 4) is 0 Å². The molecule has 1 heterocycles. The van der Waals surface area contributed by atoms with E-state index < -0.39 is 11.8 Å². The molecule has 0 aromatic heterocycles. The molecular formula is C20H15Cl2NO3. The fourth-order valence-corrected chi connectivity index (χ4v) is 3.14. The van der Waals surface area contributed by atoms with Gasteiger partial charge in [0.25, 0.3) is 0 Å². The first-order valence-corrected chi connectivity index (χ1v) is 8.55. The van der Waals surface area contributed by atoms with Crippen LogP contribution < -0.4 is 4.90 Å². The maximum Gasteiger partial charge on any atom is 0.343 e. The summed E-state index contributed by atoms with van der Waals surface area (Å²) in [6.07, 6.45) is 1.68. The third-order valence-corrected chi connectivity index (χ3v) is 4.79. The first kappa shape index (κ1) is 18.2. The van der Waals surface area contributed by atoms with E-state index in [1.54, 1.807) is 36.1 Å². The summed E-state index contributed by atoms with van der Waals surface area (Å²) >= 11 is 12.0. The Morgan fingerprint density at radius 2 is 1.77 bits per heavy atom. The fourth-order valence-electron chi connectivity index (χ4n) is 2.83. The summed E-state index contributed by atoms with van der Waals surface area (Å²) in [5, 5.41) is 0.812. The van der Waals surface area contributed by atoms with Crippen LogP contribution in [0.4, 0.5) is 5.69 Å². The van der Waals surface area contributed by atoms with Gasteiger partial charge in [0.2, 0.25) is 5.78 Å². The standard InChI is InChI=1S/C20H15Cl2NO3/c1-12-18(20(25)26-2)19(24)17(23(12)14-6-4-3-5-7-14)11-13-8-9-15(21)16(22)10-13/h3-11H,1-2H3/b17-11+. The molecule has 0 saturated carbocycles. The number of anilines is 1. The average molecular weight is 388 g/mol. The summed E-state index contributed by atoms with van der Waals surface area (Å²) in [6.45, 7) is 1.72. The molecule has 3 rings (SSSR count). The van der Waals surface area contributed by atoms with Gasteiger partial charge in [-0.3, -0.25) is 4.79 Å². The summed E-state index contributed by atoms with van der Waals surface area (Å²) in [7, 11) is 1.25. The lowest BCUT2D eigenvalue weighted by atomic mass is 10.1. The molecule has 0 saturated heterocycles. The first-order chi connectivity index (χ1) is 12.4. The second-order valence-electron chi connectivity index (χ2n) is 5.66. The van der Waals surface area contributed by atoms with E-state index in [0.717, 1.165) is 5.69 Å². The van der Waals surface area contributed by atoms with Crippen molar-refractivity contribution in [1.29, 1.82) is 0 Å². The van der Waals surface area contributed by atoms with Gasteiger partial charge in [0.05, 0.1) is 22.9 Å². The SMILES string of the molecule is COC(=O)C1=C(C)N(c2ccccc2)/C(=C/c2ccc(Cl)c(Cl)c2)C1=O. The van der Waals surface area contributed by atoms with Crippen molar-refractivity contribution in [2.24, 2.45) is 0 Å². The molecule has 0 unspecified atom stereocenters. The second-order valence-corrected chi connectivity index (χ2v) is 6.47. The van der Waals surface area contributed by atoms with Gasteiger partial charge in [-0.2, -0.15) is 0 Å². The van der Waals surface area contributed by atoms with Crippen LogP contribution in [-0.2, 0) is 14.3 Å². The Balaban J connectivity index is 2.16. The van der Waals surface area contributed by atoms with Crippen molar-refractivity contribution in [2.75, 3.05) is 12.0 Å². The zero-order valence-corrected chi connectivity index (χ0v) is 15.6. The molecule has 2 aromatic rings. The number of esters is 1. The van der Waals surface area contributed by atoms with Crippen molar-refractivity contribution in [1.82, 2.24) is 0 Å². The predicted octanol–water partition coefficient (Wildman–Crippen LogP) is 4.87. The molecule has 0 N–H and O–H groups in total. The van der Waals surface area contributed by atoms with E-state index in [1.807, 2.05) is 30.3 Å². The number of para-hydroxylation sites is 1. The van der Waals surface area contributed by atoms with Crippen LogP contribution in [0, 0.1) is 0 Å². The minimum Gasteiger partial charge on any atom is -0.465 e. The summed E-state index contributed by atoms with van der Waals surface area (Å²) < 4.78 is 4.78. The Morgan fingerprint density at radius 3 is 2.38 bits per heavy atom. The molecule has 0 bridgehead atoms. The quantitative estimate of drug-likeness (QED) is 0.428. The summed E-state index contributed by atoms with van der Waals surface area (Å²) in [5.41, 5.74) is 2.33. The highest BCUT2D eigenvalue weighted by atomic mass is 35.5. The Kier molecular flexibility index (Phi) is 5.16. The highest BCUT2D eigenvalue weighted by Crippen LogP contribution is 2.36. The lowest BCUT2D eigenvalue weighted by molar-refractivity contribution is -0.137. The van der Waals surface area contributed by atoms with E-state index in [-0.39, 0.29) is 5.57 Å². The highest BCUT2D eigenvalue weighted by molar-refractivity contribution is 6.42. The highest BCUT2D eigenvalue weighted by Gasteiger charge is 2.38. The summed E-state index contributed by atoms with van der Waals surface area (Å²) in [4.78, 5) is 26.8. The number of ether oxygens (including phenoxy) is 1. The maximum atomic E-state index is 12.9. The predicted molar refractivity (Wildman–Crippen MR) is 103 cm³/mol. The van der Waals surface area contributed by atoms with Crippen molar-refractivity contribution < 1.29 is 14.3 Å². The van der Waals surface area contributed by atoms with Gasteiger partial charge in [0.15, 0.2) is 0 Å². The molecule has 0 spiro atoms. The summed E-state index contributed by atoms with van der Waals surface area (Å²) in [5.74, 6) is -1.06. The number of benzene rings is 2. The Labute approximate surface area is 161 Å². The Hall–Kier alpha value is -2.56. The molecule has 6 heteroatoms. The molecule has 0 amide bonds. The van der Waals surface area contributed by atoms with Gasteiger partial charge in [-0.05, 0) is 42.8 Å². The number of hydrogen-bond acceptors (Lipinski definition) is 4. The number of carbonyl (C=O) groups is 2. The van der Waals surface area contributed by atoms with Crippen LogP contribution in [0.2, 0.25) is 10.0 Å². The van der Waals surface area contributed by atoms with Crippen LogP contribution in [0.15, 0.2) is 65.5 Å². The molecule has 4 nitrogen and oxygen atoms in total. The van der Waals surface area contributed by atoms with Gasteiger partial charge in [-0.25, -0.2) is 4.79 Å². The third-order valence-electron chi connectivity index (χ3n) is 4.05. The monoisotopic (exact) mass is 387 g/mol. The number of Topliss-reactive ketones (excluding diaryl/α,β-unsaturated/α-hetero) is 1. The topological polar surface area (TPSA) is 46.6 Å². The second kappa shape index (κ2) is 7.36. The molecule has 0 fully saturated rings. The van der Waals surface area contributed by atoms with Crippen molar-refractivity contribution in [3.63, 3.8) is 0 Å². The van der Waals surface area contributed by atoms with Crippen LogP contribution in [0.1, 0.15) is 12.5 Å². The van der Waals surface area contributed by atoms with Gasteiger partial charge in [-0.1, -0.05) is 47.5 Å². The van der Waals surface area contributed by atoms with Gasteiger partial charge >= 0.3 is 5.97 Å². The molecule has 2 aromatic carbocycles. The van der Waals surface area contributed by atoms with Crippen molar-refractivity contribution in [3.05, 3.63) is 81.1 Å². The lowest BCUT2D eigenvalue weighted by Crippen LogP contribution is -2.18. The zero-order valence-electron chi connectivity index (χ0n) is 14.1. The van der Waals surface area contributed by atoms with Gasteiger partial charge in [0.1, 0.15) is 5.57 Å². The molecule has 132 valence electrons. The molecule has 0 atom stereocenters. The first-order valence-electron chi connectivity index (χ1n) is 7.80. The van der Waals surface area contributed by atoms with Crippen LogP contribution in [0.25, 0.3) is 6.08 Å². The number of ketones is 1. The number of rotatable bonds is 3. The van der Waals surface area contributed by atoms with E-state index in [9.17, 15) is 9.59 Å². The number of methoxy groups -OCH3 is 1. The molecule has 0 aliphatic carbocycles. The van der Waals surface area contributed by atoms with E-state index in [4.69, 9.17) is 27.9 Å². The Bertz CT molecular complexity index is 949. The minimum atomic E-state index is -0.661. The third kappa shape index (κ3) is 3.26. The molecule has 26 heavy (non-hydrogen) atoms. The van der Waals surface area contributed by atoms with Crippen molar-refractivity contribution in [2.45, 2.75) is 6.92 Å². The maximum absolute atomic E-state index is 12.9. The zero-order chi connectivity index (χ0) is 18.8. The van der Waals surface area contributed by atoms with Gasteiger partial charge in [0, 0.05) is 11.4 Å². The van der Waals surface area contributed by atoms with Crippen LogP contribution in [-0.4, -0.2) is 18.9 Å². The van der Waals surface area contributed by atoms with Crippen LogP contribution in [0.3, 0.4) is 0 Å². The smallest absolute Gasteiger partial charge is 0.343 e. The van der Waals surface area contributed by atoms with Gasteiger partial charge in [-0.15, -0.1) is 0 Å². The largest absolute Gasteiger partial charge is 0.465 e. The minimum absolute atomic E-state index is 0.0164. The number of nitrogens with zero attached hydrogens (tertiary/aromatic N) is 1. The molecule has 1 aliphatic rings. The lowest BCUT2D eigenvalue weighted by Gasteiger charge is -2.21. The number of carbonyl (C=O) groups excluding carboxylic acids is 2. The van der Waals surface area contributed by atoms with E-state index in [1.165, 1.54) is 7.11 Å². The average Bonchev–Trinajstić information content (AvgIpc) is 2.88.